The Morgan fingerprint density at radius 3 is 2.18 bits per heavy atom. The molecule has 0 aliphatic carbocycles. The lowest BCUT2D eigenvalue weighted by atomic mass is 10.0. The van der Waals surface area contributed by atoms with E-state index in [9.17, 15) is 4.79 Å². The smallest absolute Gasteiger partial charge is 0.335 e. The first-order valence-corrected chi connectivity index (χ1v) is 7.14. The van der Waals surface area contributed by atoms with Gasteiger partial charge in [-0.2, -0.15) is 0 Å². The third kappa shape index (κ3) is 2.91. The molecule has 2 nitrogen and oxygen atoms in total. The average Bonchev–Trinajstić information content (AvgIpc) is 2.55. The summed E-state index contributed by atoms with van der Waals surface area (Å²) in [5, 5.41) is 11.4. The van der Waals surface area contributed by atoms with Crippen molar-refractivity contribution in [1.82, 2.24) is 0 Å². The lowest BCUT2D eigenvalue weighted by molar-refractivity contribution is 0.0697. The van der Waals surface area contributed by atoms with Crippen molar-refractivity contribution in [3.8, 4) is 0 Å². The second kappa shape index (κ2) is 5.86. The molecule has 0 amide bonds. The van der Waals surface area contributed by atoms with Crippen molar-refractivity contribution in [2.75, 3.05) is 0 Å². The van der Waals surface area contributed by atoms with Gasteiger partial charge in [0.25, 0.3) is 0 Å². The Kier molecular flexibility index (Phi) is 3.75. The van der Waals surface area contributed by atoms with Crippen molar-refractivity contribution in [3.05, 3.63) is 83.4 Å². The maximum atomic E-state index is 10.9. The van der Waals surface area contributed by atoms with Gasteiger partial charge in [-0.15, -0.1) is 0 Å². The Balaban J connectivity index is 1.93. The van der Waals surface area contributed by atoms with Gasteiger partial charge in [0.2, 0.25) is 0 Å². The molecule has 0 radical (unpaired) electrons. The highest BCUT2D eigenvalue weighted by molar-refractivity contribution is 5.90. The van der Waals surface area contributed by atoms with Crippen LogP contribution in [0.1, 0.15) is 28.4 Å². The molecule has 0 unspecified atom stereocenters. The minimum absolute atomic E-state index is 0.308. The van der Waals surface area contributed by atoms with Crippen LogP contribution < -0.4 is 0 Å². The van der Waals surface area contributed by atoms with Gasteiger partial charge in [0.05, 0.1) is 5.56 Å². The third-order valence-electron chi connectivity index (χ3n) is 3.74. The Morgan fingerprint density at radius 1 is 0.864 bits per heavy atom. The zero-order chi connectivity index (χ0) is 15.5. The zero-order valence-electron chi connectivity index (χ0n) is 12.3. The number of hydrogen-bond donors (Lipinski definition) is 1. The zero-order valence-corrected chi connectivity index (χ0v) is 12.3. The molecule has 1 N–H and O–H groups in total. The minimum atomic E-state index is -0.900. The van der Waals surface area contributed by atoms with Crippen LogP contribution in [-0.2, 0) is 0 Å². The molecule has 22 heavy (non-hydrogen) atoms. The summed E-state index contributed by atoms with van der Waals surface area (Å²) in [4.78, 5) is 10.9. The van der Waals surface area contributed by atoms with Gasteiger partial charge in [0.1, 0.15) is 0 Å². The number of fused-ring (bicyclic) bond motifs is 1. The highest BCUT2D eigenvalue weighted by Gasteiger charge is 2.03. The van der Waals surface area contributed by atoms with Crippen LogP contribution >= 0.6 is 0 Å². The summed E-state index contributed by atoms with van der Waals surface area (Å²) in [6, 6.07) is 21.6. The molecule has 0 atom stereocenters. The Bertz CT molecular complexity index is 858. The molecular weight excluding hydrogens is 272 g/mol. The predicted molar refractivity (Wildman–Crippen MR) is 90.9 cm³/mol. The van der Waals surface area contributed by atoms with Gasteiger partial charge in [-0.25, -0.2) is 4.79 Å². The van der Waals surface area contributed by atoms with E-state index in [2.05, 4.69) is 36.4 Å². The van der Waals surface area contributed by atoms with Crippen molar-refractivity contribution in [2.45, 2.75) is 6.92 Å². The van der Waals surface area contributed by atoms with E-state index in [1.807, 2.05) is 31.2 Å². The molecular formula is C20H16O2. The van der Waals surface area contributed by atoms with E-state index in [0.29, 0.717) is 5.56 Å². The number of carboxylic acids is 1. The summed E-state index contributed by atoms with van der Waals surface area (Å²) in [5.74, 6) is -0.900. The lowest BCUT2D eigenvalue weighted by Gasteiger charge is -2.04. The highest BCUT2D eigenvalue weighted by Crippen LogP contribution is 2.21. The van der Waals surface area contributed by atoms with Crippen molar-refractivity contribution in [1.29, 1.82) is 0 Å². The number of allylic oxidation sites excluding steroid dienone is 1. The van der Waals surface area contributed by atoms with Crippen molar-refractivity contribution >= 4 is 28.4 Å². The summed E-state index contributed by atoms with van der Waals surface area (Å²) in [6.07, 6.45) is 2.11. The molecule has 0 bridgehead atoms. The van der Waals surface area contributed by atoms with Crippen LogP contribution in [0.3, 0.4) is 0 Å². The van der Waals surface area contributed by atoms with Crippen LogP contribution in [-0.4, -0.2) is 11.1 Å². The van der Waals surface area contributed by atoms with Gasteiger partial charge in [-0.1, -0.05) is 54.6 Å². The first-order chi connectivity index (χ1) is 10.6. The van der Waals surface area contributed by atoms with Crippen molar-refractivity contribution in [3.63, 3.8) is 0 Å². The number of carbonyl (C=O) groups is 1. The summed E-state index contributed by atoms with van der Waals surface area (Å²) in [5.41, 5.74) is 3.58. The quantitative estimate of drug-likeness (QED) is 0.681. The fourth-order valence-electron chi connectivity index (χ4n) is 2.51. The van der Waals surface area contributed by atoms with E-state index < -0.39 is 5.97 Å². The van der Waals surface area contributed by atoms with E-state index in [1.54, 1.807) is 12.1 Å². The molecule has 0 aliphatic heterocycles. The molecule has 3 rings (SSSR count). The maximum absolute atomic E-state index is 10.9. The summed E-state index contributed by atoms with van der Waals surface area (Å²) in [7, 11) is 0. The summed E-state index contributed by atoms with van der Waals surface area (Å²) >= 11 is 0. The molecule has 0 fully saturated rings. The van der Waals surface area contributed by atoms with Gasteiger partial charge >= 0.3 is 5.97 Å². The number of aromatic carboxylic acids is 1. The fourth-order valence-corrected chi connectivity index (χ4v) is 2.51. The number of carboxylic acid groups (broad SMARTS) is 1. The Morgan fingerprint density at radius 2 is 1.50 bits per heavy atom. The van der Waals surface area contributed by atoms with E-state index >= 15 is 0 Å². The molecule has 108 valence electrons. The average molecular weight is 288 g/mol. The normalized spacial score (nSPS) is 11.6. The second-order valence-electron chi connectivity index (χ2n) is 5.32. The van der Waals surface area contributed by atoms with E-state index in [-0.39, 0.29) is 0 Å². The SMILES string of the molecule is CC(=Cc1ccc2ccccc2c1)c1ccc(C(=O)O)cc1. The Labute approximate surface area is 129 Å². The van der Waals surface area contributed by atoms with Gasteiger partial charge in [0, 0.05) is 0 Å². The Hall–Kier alpha value is -2.87. The topological polar surface area (TPSA) is 37.3 Å². The minimum Gasteiger partial charge on any atom is -0.478 e. The van der Waals surface area contributed by atoms with Gasteiger partial charge in [0.15, 0.2) is 0 Å². The number of benzene rings is 3. The fraction of sp³-hybridized carbons (Fsp3) is 0.0500. The third-order valence-corrected chi connectivity index (χ3v) is 3.74. The van der Waals surface area contributed by atoms with E-state index in [0.717, 1.165) is 16.7 Å². The second-order valence-corrected chi connectivity index (χ2v) is 5.32. The standard InChI is InChI=1S/C20H16O2/c1-14(16-8-10-18(11-9-16)20(21)22)12-15-6-7-17-4-2-3-5-19(17)13-15/h2-13H,1H3,(H,21,22). The van der Waals surface area contributed by atoms with Crippen molar-refractivity contribution < 1.29 is 9.90 Å². The number of rotatable bonds is 3. The molecule has 0 aromatic heterocycles. The van der Waals surface area contributed by atoms with Crippen LogP contribution in [0, 0.1) is 0 Å². The molecule has 2 heteroatoms. The lowest BCUT2D eigenvalue weighted by Crippen LogP contribution is -1.95. The summed E-state index contributed by atoms with van der Waals surface area (Å²) < 4.78 is 0. The molecule has 3 aromatic carbocycles. The highest BCUT2D eigenvalue weighted by atomic mass is 16.4. The molecule has 0 heterocycles. The van der Waals surface area contributed by atoms with Gasteiger partial charge < -0.3 is 5.11 Å². The predicted octanol–water partition coefficient (Wildman–Crippen LogP) is 5.10. The molecule has 0 aliphatic rings. The van der Waals surface area contributed by atoms with Crippen LogP contribution in [0.4, 0.5) is 0 Å². The maximum Gasteiger partial charge on any atom is 0.335 e. The monoisotopic (exact) mass is 288 g/mol. The van der Waals surface area contributed by atoms with Crippen LogP contribution in [0.5, 0.6) is 0 Å². The largest absolute Gasteiger partial charge is 0.478 e. The van der Waals surface area contributed by atoms with E-state index in [1.165, 1.54) is 10.8 Å². The molecule has 0 saturated carbocycles. The van der Waals surface area contributed by atoms with Crippen LogP contribution in [0.2, 0.25) is 0 Å². The first kappa shape index (κ1) is 14.1. The van der Waals surface area contributed by atoms with Gasteiger partial charge in [-0.05, 0) is 52.6 Å². The van der Waals surface area contributed by atoms with Crippen molar-refractivity contribution in [2.24, 2.45) is 0 Å². The number of hydrogen-bond acceptors (Lipinski definition) is 1. The molecule has 0 saturated heterocycles. The van der Waals surface area contributed by atoms with E-state index in [4.69, 9.17) is 5.11 Å². The van der Waals surface area contributed by atoms with Crippen LogP contribution in [0.25, 0.3) is 22.4 Å². The van der Waals surface area contributed by atoms with Gasteiger partial charge in [-0.3, -0.25) is 0 Å². The molecule has 0 spiro atoms. The van der Waals surface area contributed by atoms with Crippen LogP contribution in [0.15, 0.2) is 66.7 Å². The molecule has 3 aromatic rings. The summed E-state index contributed by atoms with van der Waals surface area (Å²) in [6.45, 7) is 2.03. The first-order valence-electron chi connectivity index (χ1n) is 7.14.